The summed E-state index contributed by atoms with van der Waals surface area (Å²) in [5, 5.41) is 0. The largest absolute Gasteiger partial charge is 0.378 e. The number of anilines is 1. The highest BCUT2D eigenvalue weighted by Crippen LogP contribution is 2.34. The van der Waals surface area contributed by atoms with Gasteiger partial charge in [0.05, 0.1) is 24.0 Å². The van der Waals surface area contributed by atoms with E-state index in [1.165, 1.54) is 13.0 Å². The molecule has 2 saturated heterocycles. The van der Waals surface area contributed by atoms with Crippen LogP contribution in [0.5, 0.6) is 0 Å². The van der Waals surface area contributed by atoms with Gasteiger partial charge < -0.3 is 14.4 Å². The van der Waals surface area contributed by atoms with Crippen molar-refractivity contribution in [2.75, 3.05) is 31.2 Å². The lowest BCUT2D eigenvalue weighted by molar-refractivity contribution is -0.160. The third kappa shape index (κ3) is 2.88. The molecule has 4 nitrogen and oxygen atoms in total. The average Bonchev–Trinajstić information content (AvgIpc) is 2.46. The Bertz CT molecular complexity index is 569. The molecular formula is C17H22FNO3. The van der Waals surface area contributed by atoms with E-state index in [0.29, 0.717) is 25.4 Å². The van der Waals surface area contributed by atoms with Crippen molar-refractivity contribution >= 4 is 11.5 Å². The van der Waals surface area contributed by atoms with Gasteiger partial charge in [0, 0.05) is 19.7 Å². The topological polar surface area (TPSA) is 38.8 Å². The molecule has 5 heteroatoms. The van der Waals surface area contributed by atoms with Gasteiger partial charge in [0.1, 0.15) is 11.4 Å². The van der Waals surface area contributed by atoms with Crippen LogP contribution in [0.4, 0.5) is 10.1 Å². The lowest BCUT2D eigenvalue weighted by Gasteiger charge is -2.48. The molecule has 0 N–H and O–H groups in total. The van der Waals surface area contributed by atoms with E-state index in [4.69, 9.17) is 9.47 Å². The number of ketones is 1. The first-order chi connectivity index (χ1) is 10.5. The molecule has 0 aromatic heterocycles. The molecule has 0 radical (unpaired) electrons. The van der Waals surface area contributed by atoms with Crippen molar-refractivity contribution in [3.8, 4) is 0 Å². The minimum atomic E-state index is -0.460. The number of benzene rings is 1. The lowest BCUT2D eigenvalue weighted by atomic mass is 9.92. The number of carbonyl (C=O) groups is 1. The Kier molecular flexibility index (Phi) is 4.19. The van der Waals surface area contributed by atoms with Gasteiger partial charge in [-0.05, 0) is 38.8 Å². The second kappa shape index (κ2) is 5.97. The average molecular weight is 307 g/mol. The second-order valence-electron chi connectivity index (χ2n) is 6.34. The summed E-state index contributed by atoms with van der Waals surface area (Å²) in [7, 11) is 0. The normalized spacial score (nSPS) is 28.9. The fraction of sp³-hybridized carbons (Fsp3) is 0.588. The van der Waals surface area contributed by atoms with Crippen molar-refractivity contribution in [2.24, 2.45) is 0 Å². The number of ether oxygens (including phenoxy) is 2. The zero-order valence-corrected chi connectivity index (χ0v) is 13.1. The van der Waals surface area contributed by atoms with Crippen LogP contribution in [0.3, 0.4) is 0 Å². The van der Waals surface area contributed by atoms with Gasteiger partial charge in [0.2, 0.25) is 0 Å². The summed E-state index contributed by atoms with van der Waals surface area (Å²) in [5.74, 6) is -0.709. The van der Waals surface area contributed by atoms with E-state index in [1.54, 1.807) is 6.07 Å². The van der Waals surface area contributed by atoms with Crippen LogP contribution in [0.15, 0.2) is 18.2 Å². The number of hydrogen-bond donors (Lipinski definition) is 0. The molecule has 0 unspecified atom stereocenters. The van der Waals surface area contributed by atoms with E-state index in [0.717, 1.165) is 19.4 Å². The van der Waals surface area contributed by atoms with E-state index in [-0.39, 0.29) is 23.1 Å². The number of rotatable bonds is 2. The van der Waals surface area contributed by atoms with Crippen molar-refractivity contribution in [1.29, 1.82) is 0 Å². The van der Waals surface area contributed by atoms with Crippen LogP contribution < -0.4 is 4.90 Å². The Morgan fingerprint density at radius 3 is 2.95 bits per heavy atom. The van der Waals surface area contributed by atoms with Crippen molar-refractivity contribution in [3.05, 3.63) is 29.6 Å². The third-order valence-corrected chi connectivity index (χ3v) is 4.38. The first-order valence-electron chi connectivity index (χ1n) is 7.81. The van der Waals surface area contributed by atoms with Gasteiger partial charge in [0.15, 0.2) is 5.78 Å². The molecule has 1 aromatic carbocycles. The van der Waals surface area contributed by atoms with Crippen LogP contribution in [-0.2, 0) is 9.47 Å². The Balaban J connectivity index is 1.94. The molecule has 2 atom stereocenters. The Labute approximate surface area is 130 Å². The highest BCUT2D eigenvalue weighted by atomic mass is 19.1. The molecule has 3 rings (SSSR count). The molecule has 22 heavy (non-hydrogen) atoms. The predicted octanol–water partition coefficient (Wildman–Crippen LogP) is 2.80. The van der Waals surface area contributed by atoms with Crippen LogP contribution >= 0.6 is 0 Å². The number of nitrogens with zero attached hydrogens (tertiary/aromatic N) is 1. The summed E-state index contributed by atoms with van der Waals surface area (Å²) < 4.78 is 25.8. The Hall–Kier alpha value is -1.46. The molecular weight excluding hydrogens is 285 g/mol. The molecule has 0 saturated carbocycles. The number of morpholine rings is 1. The third-order valence-electron chi connectivity index (χ3n) is 4.38. The Morgan fingerprint density at radius 1 is 1.45 bits per heavy atom. The van der Waals surface area contributed by atoms with Crippen molar-refractivity contribution in [1.82, 2.24) is 0 Å². The fourth-order valence-corrected chi connectivity index (χ4v) is 3.58. The summed E-state index contributed by atoms with van der Waals surface area (Å²) >= 11 is 0. The number of carbonyl (C=O) groups excluding carboxylic acids is 1. The summed E-state index contributed by atoms with van der Waals surface area (Å²) in [6, 6.07) is 4.81. The van der Waals surface area contributed by atoms with Crippen LogP contribution in [0.1, 0.15) is 37.0 Å². The monoisotopic (exact) mass is 307 g/mol. The molecule has 1 spiro atoms. The number of hydrogen-bond acceptors (Lipinski definition) is 4. The van der Waals surface area contributed by atoms with Gasteiger partial charge in [-0.25, -0.2) is 4.39 Å². The molecule has 120 valence electrons. The van der Waals surface area contributed by atoms with E-state index in [2.05, 4.69) is 4.90 Å². The zero-order valence-electron chi connectivity index (χ0n) is 13.1. The molecule has 2 fully saturated rings. The van der Waals surface area contributed by atoms with Gasteiger partial charge in [-0.15, -0.1) is 0 Å². The van der Waals surface area contributed by atoms with Crippen LogP contribution in [0.25, 0.3) is 0 Å². The maximum Gasteiger partial charge on any atom is 0.164 e. The molecule has 0 amide bonds. The number of halogens is 1. The van der Waals surface area contributed by atoms with Crippen LogP contribution in [0.2, 0.25) is 0 Å². The van der Waals surface area contributed by atoms with Crippen LogP contribution in [0, 0.1) is 5.82 Å². The van der Waals surface area contributed by atoms with E-state index in [9.17, 15) is 9.18 Å². The van der Waals surface area contributed by atoms with Gasteiger partial charge in [0.25, 0.3) is 0 Å². The first kappa shape index (κ1) is 15.4. The maximum absolute atomic E-state index is 14.1. The quantitative estimate of drug-likeness (QED) is 0.788. The molecule has 1 aromatic rings. The smallest absolute Gasteiger partial charge is 0.164 e. The molecule has 0 aliphatic carbocycles. The highest BCUT2D eigenvalue weighted by molar-refractivity contribution is 6.00. The zero-order chi connectivity index (χ0) is 15.7. The molecule has 0 bridgehead atoms. The van der Waals surface area contributed by atoms with Crippen molar-refractivity contribution in [2.45, 2.75) is 38.4 Å². The molecule has 2 aliphatic heterocycles. The van der Waals surface area contributed by atoms with Gasteiger partial charge >= 0.3 is 0 Å². The fourth-order valence-electron chi connectivity index (χ4n) is 3.58. The van der Waals surface area contributed by atoms with Gasteiger partial charge in [-0.2, -0.15) is 0 Å². The second-order valence-corrected chi connectivity index (χ2v) is 6.34. The molecule has 2 aliphatic rings. The Morgan fingerprint density at radius 2 is 2.27 bits per heavy atom. The standard InChI is InChI=1S/C17H22FNO3/c1-12-9-19(10-17(22-12)7-4-8-21-11-17)15-6-3-5-14(18)16(15)13(2)20/h3,5-6,12H,4,7-11H2,1-2H3/t12-,17-/m1/s1. The van der Waals surface area contributed by atoms with Crippen LogP contribution in [-0.4, -0.2) is 43.8 Å². The van der Waals surface area contributed by atoms with E-state index >= 15 is 0 Å². The lowest BCUT2D eigenvalue weighted by Crippen LogP contribution is -2.59. The van der Waals surface area contributed by atoms with E-state index in [1.807, 2.05) is 13.0 Å². The van der Waals surface area contributed by atoms with Crippen molar-refractivity contribution < 1.29 is 18.7 Å². The minimum absolute atomic E-state index is 0.0125. The summed E-state index contributed by atoms with van der Waals surface area (Å²) in [5.41, 5.74) is 0.479. The van der Waals surface area contributed by atoms with Crippen molar-refractivity contribution in [3.63, 3.8) is 0 Å². The predicted molar refractivity (Wildman–Crippen MR) is 81.9 cm³/mol. The minimum Gasteiger partial charge on any atom is -0.378 e. The van der Waals surface area contributed by atoms with Gasteiger partial charge in [-0.1, -0.05) is 6.07 Å². The summed E-state index contributed by atoms with van der Waals surface area (Å²) in [6.07, 6.45) is 1.90. The summed E-state index contributed by atoms with van der Waals surface area (Å²) in [6.45, 7) is 6.00. The van der Waals surface area contributed by atoms with E-state index < -0.39 is 5.82 Å². The van der Waals surface area contributed by atoms with Gasteiger partial charge in [-0.3, -0.25) is 4.79 Å². The SMILES string of the molecule is CC(=O)c1c(F)cccc1N1C[C@@H](C)O[C@]2(CCCOC2)C1. The molecule has 2 heterocycles. The first-order valence-corrected chi connectivity index (χ1v) is 7.81. The maximum atomic E-state index is 14.1. The highest BCUT2D eigenvalue weighted by Gasteiger charge is 2.42. The summed E-state index contributed by atoms with van der Waals surface area (Å²) in [4.78, 5) is 13.9. The number of Topliss-reactive ketones (excluding diaryl/α,β-unsaturated/α-hetero) is 1.